The van der Waals surface area contributed by atoms with E-state index in [9.17, 15) is 0 Å². The van der Waals surface area contributed by atoms with Crippen LogP contribution in [0.2, 0.25) is 0 Å². The van der Waals surface area contributed by atoms with Crippen molar-refractivity contribution >= 4 is 27.3 Å². The van der Waals surface area contributed by atoms with Crippen molar-refractivity contribution in [3.8, 4) is 0 Å². The number of hydrogen-bond donors (Lipinski definition) is 1. The molecule has 0 unspecified atom stereocenters. The number of halogens is 1. The number of nitrogens with one attached hydrogen (secondary N) is 1. The number of thiophene rings is 1. The van der Waals surface area contributed by atoms with Gasteiger partial charge in [-0.2, -0.15) is 0 Å². The zero-order chi connectivity index (χ0) is 9.97. The van der Waals surface area contributed by atoms with Crippen LogP contribution >= 0.6 is 27.3 Å². The third-order valence-corrected chi connectivity index (χ3v) is 5.39. The lowest BCUT2D eigenvalue weighted by atomic mass is 9.94. The molecule has 0 aliphatic carbocycles. The molecule has 0 amide bonds. The molecule has 1 fully saturated rings. The third kappa shape index (κ3) is 2.38. The van der Waals surface area contributed by atoms with Gasteiger partial charge in [-0.3, -0.25) is 0 Å². The van der Waals surface area contributed by atoms with Crippen molar-refractivity contribution in [2.75, 3.05) is 13.1 Å². The second-order valence-corrected chi connectivity index (χ2v) is 5.81. The van der Waals surface area contributed by atoms with Crippen LogP contribution in [0, 0.1) is 12.8 Å². The molecule has 0 saturated carbocycles. The van der Waals surface area contributed by atoms with E-state index in [0.717, 1.165) is 5.92 Å². The Balaban J connectivity index is 1.99. The molecular formula is C11H16BrNS. The zero-order valence-corrected chi connectivity index (χ0v) is 10.9. The van der Waals surface area contributed by atoms with E-state index < -0.39 is 0 Å². The highest BCUT2D eigenvalue weighted by atomic mass is 79.9. The molecule has 1 aromatic heterocycles. The summed E-state index contributed by atoms with van der Waals surface area (Å²) >= 11 is 5.57. The summed E-state index contributed by atoms with van der Waals surface area (Å²) in [5, 5.41) is 5.66. The number of aryl methyl sites for hydroxylation is 1. The molecule has 1 aliphatic rings. The van der Waals surface area contributed by atoms with Gasteiger partial charge in [0, 0.05) is 9.35 Å². The molecule has 0 atom stereocenters. The summed E-state index contributed by atoms with van der Waals surface area (Å²) in [6, 6.07) is 0. The minimum absolute atomic E-state index is 0.894. The second kappa shape index (κ2) is 4.77. The molecule has 1 aliphatic heterocycles. The molecule has 3 heteroatoms. The van der Waals surface area contributed by atoms with Crippen LogP contribution < -0.4 is 5.32 Å². The van der Waals surface area contributed by atoms with Gasteiger partial charge in [-0.1, -0.05) is 0 Å². The van der Waals surface area contributed by atoms with E-state index in [0.29, 0.717) is 0 Å². The fourth-order valence-corrected chi connectivity index (χ4v) is 3.71. The second-order valence-electron chi connectivity index (χ2n) is 4.05. The number of hydrogen-bond acceptors (Lipinski definition) is 2. The Morgan fingerprint density at radius 3 is 2.79 bits per heavy atom. The maximum atomic E-state index is 3.67. The maximum Gasteiger partial charge on any atom is 0.0343 e. The highest BCUT2D eigenvalue weighted by Gasteiger charge is 2.16. The van der Waals surface area contributed by atoms with E-state index in [1.54, 1.807) is 0 Å². The summed E-state index contributed by atoms with van der Waals surface area (Å²) < 4.78 is 1.35. The highest BCUT2D eigenvalue weighted by molar-refractivity contribution is 9.10. The normalized spacial score (nSPS) is 18.7. The Hall–Kier alpha value is 0.140. The lowest BCUT2D eigenvalue weighted by Gasteiger charge is -2.22. The molecule has 2 heterocycles. The minimum atomic E-state index is 0.894. The Morgan fingerprint density at radius 1 is 1.50 bits per heavy atom. The van der Waals surface area contributed by atoms with Crippen LogP contribution in [0.5, 0.6) is 0 Å². The Kier molecular flexibility index (Phi) is 3.63. The topological polar surface area (TPSA) is 12.0 Å². The maximum absolute atomic E-state index is 3.67. The monoisotopic (exact) mass is 273 g/mol. The molecule has 78 valence electrons. The van der Waals surface area contributed by atoms with E-state index in [-0.39, 0.29) is 0 Å². The Bertz CT molecular complexity index is 302. The first-order valence-corrected chi connectivity index (χ1v) is 6.88. The van der Waals surface area contributed by atoms with Gasteiger partial charge in [0.15, 0.2) is 0 Å². The molecule has 2 rings (SSSR count). The first-order chi connectivity index (χ1) is 6.77. The molecule has 0 radical (unpaired) electrons. The van der Waals surface area contributed by atoms with Crippen molar-refractivity contribution in [3.63, 3.8) is 0 Å². The van der Waals surface area contributed by atoms with Gasteiger partial charge in [0.2, 0.25) is 0 Å². The van der Waals surface area contributed by atoms with E-state index in [1.165, 1.54) is 47.3 Å². The van der Waals surface area contributed by atoms with Crippen LogP contribution in [0.15, 0.2) is 9.85 Å². The van der Waals surface area contributed by atoms with Crippen molar-refractivity contribution < 1.29 is 0 Å². The van der Waals surface area contributed by atoms with Gasteiger partial charge in [-0.05, 0) is 72.1 Å². The first-order valence-electron chi connectivity index (χ1n) is 5.20. The van der Waals surface area contributed by atoms with Crippen LogP contribution in [0.1, 0.15) is 23.3 Å². The summed E-state index contributed by atoms with van der Waals surface area (Å²) in [5.41, 5.74) is 1.39. The smallest absolute Gasteiger partial charge is 0.0343 e. The summed E-state index contributed by atoms with van der Waals surface area (Å²) in [6.45, 7) is 4.58. The molecule has 1 aromatic rings. The lowest BCUT2D eigenvalue weighted by Crippen LogP contribution is -2.28. The molecule has 0 bridgehead atoms. The SMILES string of the molecule is Cc1csc(CC2CCNCC2)c1Br. The average molecular weight is 274 g/mol. The Morgan fingerprint density at radius 2 is 2.21 bits per heavy atom. The van der Waals surface area contributed by atoms with E-state index in [2.05, 4.69) is 33.6 Å². The summed E-state index contributed by atoms with van der Waals surface area (Å²) in [7, 11) is 0. The fraction of sp³-hybridized carbons (Fsp3) is 0.636. The molecule has 0 spiro atoms. The Labute approximate surface area is 98.0 Å². The van der Waals surface area contributed by atoms with E-state index in [4.69, 9.17) is 0 Å². The molecule has 1 nitrogen and oxygen atoms in total. The molecule has 14 heavy (non-hydrogen) atoms. The minimum Gasteiger partial charge on any atom is -0.317 e. The van der Waals surface area contributed by atoms with Crippen molar-refractivity contribution in [1.82, 2.24) is 5.32 Å². The van der Waals surface area contributed by atoms with E-state index in [1.807, 2.05) is 11.3 Å². The summed E-state index contributed by atoms with van der Waals surface area (Å²) in [6.07, 6.45) is 3.94. The third-order valence-electron chi connectivity index (χ3n) is 2.90. The van der Waals surface area contributed by atoms with Gasteiger partial charge < -0.3 is 5.32 Å². The van der Waals surface area contributed by atoms with Gasteiger partial charge in [0.1, 0.15) is 0 Å². The van der Waals surface area contributed by atoms with Crippen LogP contribution in [-0.2, 0) is 6.42 Å². The quantitative estimate of drug-likeness (QED) is 0.872. The van der Waals surface area contributed by atoms with E-state index >= 15 is 0 Å². The van der Waals surface area contributed by atoms with Gasteiger partial charge in [0.25, 0.3) is 0 Å². The molecule has 1 N–H and O–H groups in total. The van der Waals surface area contributed by atoms with Gasteiger partial charge >= 0.3 is 0 Å². The molecule has 1 saturated heterocycles. The van der Waals surface area contributed by atoms with Crippen LogP contribution in [0.4, 0.5) is 0 Å². The van der Waals surface area contributed by atoms with Crippen molar-refractivity contribution in [3.05, 3.63) is 20.3 Å². The largest absolute Gasteiger partial charge is 0.317 e. The predicted octanol–water partition coefficient (Wildman–Crippen LogP) is 3.36. The fourth-order valence-electron chi connectivity index (χ4n) is 1.97. The summed E-state index contributed by atoms with van der Waals surface area (Å²) in [4.78, 5) is 1.54. The first kappa shape index (κ1) is 10.7. The number of rotatable bonds is 2. The molecule has 0 aromatic carbocycles. The van der Waals surface area contributed by atoms with Gasteiger partial charge in [-0.15, -0.1) is 11.3 Å². The summed E-state index contributed by atoms with van der Waals surface area (Å²) in [5.74, 6) is 0.894. The zero-order valence-electron chi connectivity index (χ0n) is 8.48. The predicted molar refractivity (Wildman–Crippen MR) is 66.1 cm³/mol. The van der Waals surface area contributed by atoms with Crippen molar-refractivity contribution in [1.29, 1.82) is 0 Å². The van der Waals surface area contributed by atoms with Crippen LogP contribution in [0.3, 0.4) is 0 Å². The van der Waals surface area contributed by atoms with Crippen LogP contribution in [-0.4, -0.2) is 13.1 Å². The van der Waals surface area contributed by atoms with Gasteiger partial charge in [-0.25, -0.2) is 0 Å². The number of piperidine rings is 1. The molecular weight excluding hydrogens is 258 g/mol. The van der Waals surface area contributed by atoms with Crippen LogP contribution in [0.25, 0.3) is 0 Å². The van der Waals surface area contributed by atoms with Gasteiger partial charge in [0.05, 0.1) is 0 Å². The van der Waals surface area contributed by atoms with Crippen molar-refractivity contribution in [2.24, 2.45) is 5.92 Å². The lowest BCUT2D eigenvalue weighted by molar-refractivity contribution is 0.374. The van der Waals surface area contributed by atoms with Crippen molar-refractivity contribution in [2.45, 2.75) is 26.2 Å². The standard InChI is InChI=1S/C11H16BrNS/c1-8-7-14-10(11(8)12)6-9-2-4-13-5-3-9/h7,9,13H,2-6H2,1H3. The average Bonchev–Trinajstić information content (AvgIpc) is 2.52. The highest BCUT2D eigenvalue weighted by Crippen LogP contribution is 2.31.